The molecular weight excluding hydrogens is 396 g/mol. The van der Waals surface area contributed by atoms with Gasteiger partial charge in [0.15, 0.2) is 0 Å². The number of nitrogens with zero attached hydrogens (tertiary/aromatic N) is 3. The second-order valence-electron chi connectivity index (χ2n) is 6.25. The van der Waals surface area contributed by atoms with E-state index in [1.54, 1.807) is 7.05 Å². The Labute approximate surface area is 158 Å². The number of aryl methyl sites for hydroxylation is 1. The zero-order chi connectivity index (χ0) is 18.1. The normalized spacial score (nSPS) is 16.4. The van der Waals surface area contributed by atoms with E-state index in [1.807, 2.05) is 42.5 Å². The molecule has 0 saturated heterocycles. The van der Waals surface area contributed by atoms with Crippen molar-refractivity contribution in [2.75, 3.05) is 11.9 Å². The summed E-state index contributed by atoms with van der Waals surface area (Å²) >= 11 is 3.43. The van der Waals surface area contributed by atoms with Gasteiger partial charge < -0.3 is 14.7 Å². The first-order valence-corrected chi connectivity index (χ1v) is 9.07. The quantitative estimate of drug-likeness (QED) is 0.713. The van der Waals surface area contributed by atoms with Gasteiger partial charge in [0.1, 0.15) is 6.10 Å². The highest BCUT2D eigenvalue weighted by Crippen LogP contribution is 2.20. The molecule has 0 spiro atoms. The maximum Gasteiger partial charge on any atom is 0.260 e. The lowest BCUT2D eigenvalue weighted by molar-refractivity contribution is 0.0949. The summed E-state index contributed by atoms with van der Waals surface area (Å²) in [6.45, 7) is 0.607. The number of rotatable bonds is 4. The van der Waals surface area contributed by atoms with E-state index in [1.165, 1.54) is 10.9 Å². The third-order valence-electron chi connectivity index (χ3n) is 4.36. The maximum absolute atomic E-state index is 12.2. The molecule has 2 aromatic carbocycles. The number of halogens is 1. The second-order valence-corrected chi connectivity index (χ2v) is 7.17. The van der Waals surface area contributed by atoms with E-state index in [4.69, 9.17) is 4.84 Å². The van der Waals surface area contributed by atoms with E-state index in [2.05, 4.69) is 31.4 Å². The van der Waals surface area contributed by atoms with Crippen LogP contribution in [-0.4, -0.2) is 27.9 Å². The highest BCUT2D eigenvalue weighted by molar-refractivity contribution is 9.10. The van der Waals surface area contributed by atoms with Crippen LogP contribution in [0.25, 0.3) is 10.9 Å². The Bertz CT molecular complexity index is 1040. The van der Waals surface area contributed by atoms with Crippen molar-refractivity contribution in [2.45, 2.75) is 12.5 Å². The van der Waals surface area contributed by atoms with Crippen LogP contribution < -0.4 is 10.9 Å². The number of hydrogen-bond acceptors (Lipinski definition) is 5. The molecule has 0 bridgehead atoms. The number of fused-ring (bicyclic) bond motifs is 1. The van der Waals surface area contributed by atoms with Crippen molar-refractivity contribution in [2.24, 2.45) is 12.2 Å². The lowest BCUT2D eigenvalue weighted by Crippen LogP contribution is -2.21. The van der Waals surface area contributed by atoms with E-state index in [0.29, 0.717) is 17.4 Å². The molecule has 7 heteroatoms. The Balaban J connectivity index is 1.42. The van der Waals surface area contributed by atoms with Gasteiger partial charge in [-0.25, -0.2) is 4.98 Å². The van der Waals surface area contributed by atoms with Gasteiger partial charge >= 0.3 is 0 Å². The minimum absolute atomic E-state index is 0.0407. The van der Waals surface area contributed by atoms with Crippen LogP contribution in [0.5, 0.6) is 0 Å². The Hall–Kier alpha value is -2.67. The van der Waals surface area contributed by atoms with Gasteiger partial charge in [0.25, 0.3) is 5.56 Å². The summed E-state index contributed by atoms with van der Waals surface area (Å²) in [7, 11) is 1.70. The number of oxime groups is 1. The number of benzene rings is 2. The molecule has 1 unspecified atom stereocenters. The molecule has 0 aliphatic carbocycles. The topological polar surface area (TPSA) is 68.5 Å². The molecule has 1 aliphatic rings. The van der Waals surface area contributed by atoms with Crippen molar-refractivity contribution in [3.05, 3.63) is 69.2 Å². The predicted molar refractivity (Wildman–Crippen MR) is 106 cm³/mol. The predicted octanol–water partition coefficient (Wildman–Crippen LogP) is 3.30. The highest BCUT2D eigenvalue weighted by atomic mass is 79.9. The number of nitrogens with one attached hydrogen (secondary N) is 1. The van der Waals surface area contributed by atoms with Gasteiger partial charge in [-0.3, -0.25) is 4.79 Å². The number of anilines is 1. The first-order valence-electron chi connectivity index (χ1n) is 8.28. The zero-order valence-corrected chi connectivity index (χ0v) is 15.7. The van der Waals surface area contributed by atoms with Crippen LogP contribution in [0, 0.1) is 0 Å². The average molecular weight is 413 g/mol. The van der Waals surface area contributed by atoms with Gasteiger partial charge in [-0.2, -0.15) is 0 Å². The van der Waals surface area contributed by atoms with Crippen LogP contribution in [0.3, 0.4) is 0 Å². The van der Waals surface area contributed by atoms with Crippen LogP contribution in [0.4, 0.5) is 5.69 Å². The van der Waals surface area contributed by atoms with E-state index < -0.39 is 0 Å². The zero-order valence-electron chi connectivity index (χ0n) is 14.1. The smallest absolute Gasteiger partial charge is 0.260 e. The average Bonchev–Trinajstić information content (AvgIpc) is 3.13. The molecular formula is C19H17BrN4O2. The first-order chi connectivity index (χ1) is 12.6. The summed E-state index contributed by atoms with van der Waals surface area (Å²) in [6, 6.07) is 13.6. The first kappa shape index (κ1) is 16.8. The maximum atomic E-state index is 12.2. The molecule has 3 aromatic rings. The fourth-order valence-electron chi connectivity index (χ4n) is 2.90. The molecule has 4 rings (SSSR count). The molecule has 26 heavy (non-hydrogen) atoms. The van der Waals surface area contributed by atoms with Crippen molar-refractivity contribution in [1.82, 2.24) is 9.55 Å². The largest absolute Gasteiger partial charge is 0.390 e. The SMILES string of the molecule is Cn1cnc2ccc(NCC3CC(c4ccc(Br)cc4)=NO3)cc2c1=O. The van der Waals surface area contributed by atoms with Crippen LogP contribution in [0.1, 0.15) is 12.0 Å². The summed E-state index contributed by atoms with van der Waals surface area (Å²) in [4.78, 5) is 22.0. The van der Waals surface area contributed by atoms with Crippen LogP contribution in [-0.2, 0) is 11.9 Å². The lowest BCUT2D eigenvalue weighted by Gasteiger charge is -2.11. The Kier molecular flexibility index (Phi) is 4.46. The molecule has 1 N–H and O–H groups in total. The Morgan fingerprint density at radius 2 is 2.08 bits per heavy atom. The lowest BCUT2D eigenvalue weighted by atomic mass is 10.1. The molecule has 6 nitrogen and oxygen atoms in total. The van der Waals surface area contributed by atoms with E-state index in [-0.39, 0.29) is 11.7 Å². The Morgan fingerprint density at radius 1 is 1.27 bits per heavy atom. The molecule has 2 heterocycles. The summed E-state index contributed by atoms with van der Waals surface area (Å²) in [5.74, 6) is 0. The molecule has 132 valence electrons. The fraction of sp³-hybridized carbons (Fsp3) is 0.211. The summed E-state index contributed by atoms with van der Waals surface area (Å²) in [5.41, 5.74) is 3.51. The number of aromatic nitrogens is 2. The van der Waals surface area contributed by atoms with Crippen LogP contribution >= 0.6 is 15.9 Å². The van der Waals surface area contributed by atoms with Crippen molar-refractivity contribution >= 4 is 38.2 Å². The van der Waals surface area contributed by atoms with Crippen molar-refractivity contribution < 1.29 is 4.84 Å². The van der Waals surface area contributed by atoms with Crippen molar-refractivity contribution in [3.63, 3.8) is 0 Å². The molecule has 0 radical (unpaired) electrons. The van der Waals surface area contributed by atoms with Crippen LogP contribution in [0.15, 0.2) is 63.2 Å². The van der Waals surface area contributed by atoms with Gasteiger partial charge in [-0.05, 0) is 35.9 Å². The van der Waals surface area contributed by atoms with Gasteiger partial charge in [0.2, 0.25) is 0 Å². The van der Waals surface area contributed by atoms with Gasteiger partial charge in [0, 0.05) is 23.6 Å². The molecule has 0 fully saturated rings. The molecule has 0 saturated carbocycles. The minimum Gasteiger partial charge on any atom is -0.390 e. The third-order valence-corrected chi connectivity index (χ3v) is 4.89. The summed E-state index contributed by atoms with van der Waals surface area (Å²) in [6.07, 6.45) is 2.23. The molecule has 0 amide bonds. The standard InChI is InChI=1S/C19H17BrN4O2/c1-24-11-22-17-7-6-14(8-16(17)19(24)25)21-10-15-9-18(23-26-15)12-2-4-13(20)5-3-12/h2-8,11,15,21H,9-10H2,1H3. The molecule has 1 aromatic heterocycles. The minimum atomic E-state index is -0.0587. The van der Waals surface area contributed by atoms with E-state index in [0.717, 1.165) is 27.9 Å². The third kappa shape index (κ3) is 3.35. The van der Waals surface area contributed by atoms with Crippen molar-refractivity contribution in [1.29, 1.82) is 0 Å². The second kappa shape index (κ2) is 6.92. The van der Waals surface area contributed by atoms with E-state index >= 15 is 0 Å². The monoisotopic (exact) mass is 412 g/mol. The molecule has 1 aliphatic heterocycles. The summed E-state index contributed by atoms with van der Waals surface area (Å²) < 4.78 is 2.51. The fourth-order valence-corrected chi connectivity index (χ4v) is 3.17. The highest BCUT2D eigenvalue weighted by Gasteiger charge is 2.22. The van der Waals surface area contributed by atoms with Gasteiger partial charge in [-0.15, -0.1) is 0 Å². The summed E-state index contributed by atoms with van der Waals surface area (Å²) in [5, 5.41) is 8.12. The van der Waals surface area contributed by atoms with Crippen LogP contribution in [0.2, 0.25) is 0 Å². The van der Waals surface area contributed by atoms with Gasteiger partial charge in [-0.1, -0.05) is 33.2 Å². The van der Waals surface area contributed by atoms with Crippen molar-refractivity contribution in [3.8, 4) is 0 Å². The van der Waals surface area contributed by atoms with Gasteiger partial charge in [0.05, 0.1) is 29.5 Å². The Morgan fingerprint density at radius 3 is 2.88 bits per heavy atom. The number of hydrogen-bond donors (Lipinski definition) is 1. The molecule has 1 atom stereocenters. The van der Waals surface area contributed by atoms with E-state index in [9.17, 15) is 4.79 Å².